The quantitative estimate of drug-likeness (QED) is 0.525. The summed E-state index contributed by atoms with van der Waals surface area (Å²) in [5, 5.41) is 0. The molecule has 2 aliphatic heterocycles. The minimum Gasteiger partial charge on any atom is -0.493 e. The highest BCUT2D eigenvalue weighted by Crippen LogP contribution is 2.44. The second-order valence-corrected chi connectivity index (χ2v) is 8.83. The van der Waals surface area contributed by atoms with Crippen molar-refractivity contribution in [3.8, 4) is 11.5 Å². The van der Waals surface area contributed by atoms with Crippen molar-refractivity contribution in [3.63, 3.8) is 0 Å². The van der Waals surface area contributed by atoms with E-state index in [0.717, 1.165) is 31.5 Å². The Morgan fingerprint density at radius 3 is 2.42 bits per heavy atom. The molecular formula is C28H30N2O3. The summed E-state index contributed by atoms with van der Waals surface area (Å²) in [7, 11) is 3.19. The van der Waals surface area contributed by atoms with Gasteiger partial charge in [0.2, 0.25) is 0 Å². The molecule has 0 spiro atoms. The number of ether oxygens (including phenoxy) is 2. The third kappa shape index (κ3) is 3.71. The van der Waals surface area contributed by atoms with Gasteiger partial charge in [-0.05, 0) is 67.6 Å². The molecule has 3 aromatic rings. The summed E-state index contributed by atoms with van der Waals surface area (Å²) in [4.78, 5) is 18.2. The summed E-state index contributed by atoms with van der Waals surface area (Å²) in [5.41, 5.74) is 5.54. The van der Waals surface area contributed by atoms with Crippen LogP contribution in [0, 0.1) is 0 Å². The van der Waals surface area contributed by atoms with Crippen LogP contribution in [0.3, 0.4) is 0 Å². The predicted molar refractivity (Wildman–Crippen MR) is 132 cm³/mol. The number of carbonyl (C=O) groups is 1. The fourth-order valence-electron chi connectivity index (χ4n) is 5.38. The van der Waals surface area contributed by atoms with Crippen LogP contribution in [0.15, 0.2) is 66.7 Å². The number of carbonyl (C=O) groups excluding carboxylic acids is 1. The van der Waals surface area contributed by atoms with Gasteiger partial charge in [-0.1, -0.05) is 36.4 Å². The number of hydrogen-bond donors (Lipinski definition) is 0. The van der Waals surface area contributed by atoms with Gasteiger partial charge in [0.15, 0.2) is 11.5 Å². The van der Waals surface area contributed by atoms with Gasteiger partial charge in [0.1, 0.15) is 0 Å². The highest BCUT2D eigenvalue weighted by atomic mass is 16.5. The number of aryl methyl sites for hydroxylation is 1. The lowest BCUT2D eigenvalue weighted by Crippen LogP contribution is -2.47. The Kier molecular flexibility index (Phi) is 5.71. The topological polar surface area (TPSA) is 42.0 Å². The van der Waals surface area contributed by atoms with Crippen molar-refractivity contribution in [2.75, 3.05) is 30.6 Å². The standard InChI is InChI=1S/C28H30N2O3/c1-19-17-25(29-16-8-10-20-9-4-6-12-23(20)29)22-11-5-7-13-24(22)30(19)28(31)21-14-15-26(32-2)27(18-21)33-3/h4-7,9,11-15,18-19,25H,8,10,16-17H2,1-3H3. The van der Waals surface area contributed by atoms with Crippen molar-refractivity contribution in [1.82, 2.24) is 0 Å². The molecule has 2 aliphatic rings. The molecule has 0 aliphatic carbocycles. The molecular weight excluding hydrogens is 412 g/mol. The van der Waals surface area contributed by atoms with Crippen LogP contribution in [-0.2, 0) is 6.42 Å². The van der Waals surface area contributed by atoms with Gasteiger partial charge < -0.3 is 19.3 Å². The van der Waals surface area contributed by atoms with Gasteiger partial charge in [-0.25, -0.2) is 0 Å². The van der Waals surface area contributed by atoms with E-state index in [9.17, 15) is 4.79 Å². The lowest BCUT2D eigenvalue weighted by Gasteiger charge is -2.46. The lowest BCUT2D eigenvalue weighted by atomic mass is 9.88. The zero-order valence-corrected chi connectivity index (χ0v) is 19.5. The Morgan fingerprint density at radius 2 is 1.64 bits per heavy atom. The molecule has 170 valence electrons. The van der Waals surface area contributed by atoms with Crippen LogP contribution in [0.5, 0.6) is 11.5 Å². The van der Waals surface area contributed by atoms with Crippen LogP contribution in [0.25, 0.3) is 0 Å². The Labute approximate surface area is 195 Å². The Morgan fingerprint density at radius 1 is 0.909 bits per heavy atom. The molecule has 1 amide bonds. The fourth-order valence-corrected chi connectivity index (χ4v) is 5.38. The predicted octanol–water partition coefficient (Wildman–Crippen LogP) is 5.64. The van der Waals surface area contributed by atoms with Gasteiger partial charge in [0.25, 0.3) is 5.91 Å². The minimum atomic E-state index is -0.0200. The van der Waals surface area contributed by atoms with Gasteiger partial charge >= 0.3 is 0 Å². The summed E-state index contributed by atoms with van der Waals surface area (Å²) < 4.78 is 10.8. The number of methoxy groups -OCH3 is 2. The lowest BCUT2D eigenvalue weighted by molar-refractivity contribution is 0.0973. The molecule has 0 saturated carbocycles. The van der Waals surface area contributed by atoms with Crippen molar-refractivity contribution in [2.24, 2.45) is 0 Å². The van der Waals surface area contributed by atoms with E-state index in [1.54, 1.807) is 26.4 Å². The number of rotatable bonds is 4. The van der Waals surface area contributed by atoms with Crippen molar-refractivity contribution in [3.05, 3.63) is 83.4 Å². The summed E-state index contributed by atoms with van der Waals surface area (Å²) in [6.07, 6.45) is 3.16. The Bertz CT molecular complexity index is 1180. The number of nitrogens with zero attached hydrogens (tertiary/aromatic N) is 2. The van der Waals surface area contributed by atoms with Gasteiger partial charge in [-0.3, -0.25) is 4.79 Å². The van der Waals surface area contributed by atoms with E-state index in [-0.39, 0.29) is 18.0 Å². The van der Waals surface area contributed by atoms with Crippen LogP contribution < -0.4 is 19.3 Å². The highest BCUT2D eigenvalue weighted by Gasteiger charge is 2.37. The fraction of sp³-hybridized carbons (Fsp3) is 0.321. The molecule has 33 heavy (non-hydrogen) atoms. The van der Waals surface area contributed by atoms with Crippen LogP contribution in [-0.4, -0.2) is 32.7 Å². The third-order valence-electron chi connectivity index (χ3n) is 6.93. The first-order valence-corrected chi connectivity index (χ1v) is 11.6. The molecule has 0 saturated heterocycles. The van der Waals surface area contributed by atoms with Gasteiger partial charge in [0.05, 0.1) is 20.3 Å². The number of amides is 1. The highest BCUT2D eigenvalue weighted by molar-refractivity contribution is 6.07. The second-order valence-electron chi connectivity index (χ2n) is 8.83. The number of benzene rings is 3. The first kappa shape index (κ1) is 21.4. The number of hydrogen-bond acceptors (Lipinski definition) is 4. The van der Waals surface area contributed by atoms with Crippen LogP contribution >= 0.6 is 0 Å². The maximum atomic E-state index is 13.7. The first-order valence-electron chi connectivity index (χ1n) is 11.6. The average Bonchev–Trinajstić information content (AvgIpc) is 2.87. The largest absolute Gasteiger partial charge is 0.493 e. The number of fused-ring (bicyclic) bond motifs is 2. The first-order chi connectivity index (χ1) is 16.1. The van der Waals surface area contributed by atoms with E-state index in [2.05, 4.69) is 54.3 Å². The average molecular weight is 443 g/mol. The van der Waals surface area contributed by atoms with Crippen LogP contribution in [0.4, 0.5) is 11.4 Å². The smallest absolute Gasteiger partial charge is 0.258 e. The monoisotopic (exact) mass is 442 g/mol. The third-order valence-corrected chi connectivity index (χ3v) is 6.93. The normalized spacial score (nSPS) is 19.5. The van der Waals surface area contributed by atoms with E-state index >= 15 is 0 Å². The van der Waals surface area contributed by atoms with Crippen molar-refractivity contribution in [1.29, 1.82) is 0 Å². The van der Waals surface area contributed by atoms with E-state index in [1.807, 2.05) is 17.0 Å². The van der Waals surface area contributed by atoms with Crippen molar-refractivity contribution < 1.29 is 14.3 Å². The van der Waals surface area contributed by atoms with E-state index in [4.69, 9.17) is 9.47 Å². The SMILES string of the molecule is COc1ccc(C(=O)N2c3ccccc3C(N3CCCc4ccccc43)CC2C)cc1OC. The molecule has 5 heteroatoms. The molecule has 2 heterocycles. The maximum absolute atomic E-state index is 13.7. The molecule has 0 fully saturated rings. The van der Waals surface area contributed by atoms with Crippen molar-refractivity contribution in [2.45, 2.75) is 38.3 Å². The zero-order valence-electron chi connectivity index (χ0n) is 19.5. The molecule has 0 radical (unpaired) electrons. The molecule has 2 unspecified atom stereocenters. The van der Waals surface area contributed by atoms with E-state index in [1.165, 1.54) is 16.8 Å². The summed E-state index contributed by atoms with van der Waals surface area (Å²) in [5.74, 6) is 1.16. The summed E-state index contributed by atoms with van der Waals surface area (Å²) >= 11 is 0. The summed E-state index contributed by atoms with van der Waals surface area (Å²) in [6, 6.07) is 22.8. The maximum Gasteiger partial charge on any atom is 0.258 e. The van der Waals surface area contributed by atoms with Gasteiger partial charge in [-0.2, -0.15) is 0 Å². The zero-order chi connectivity index (χ0) is 22.9. The number of anilines is 2. The van der Waals surface area contributed by atoms with E-state index in [0.29, 0.717) is 17.1 Å². The Balaban J connectivity index is 1.53. The molecule has 0 aromatic heterocycles. The molecule has 5 nitrogen and oxygen atoms in total. The molecule has 3 aromatic carbocycles. The van der Waals surface area contributed by atoms with E-state index < -0.39 is 0 Å². The van der Waals surface area contributed by atoms with Crippen LogP contribution in [0.1, 0.15) is 47.3 Å². The molecule has 2 atom stereocenters. The molecule has 0 N–H and O–H groups in total. The van der Waals surface area contributed by atoms with Gasteiger partial charge in [-0.15, -0.1) is 0 Å². The van der Waals surface area contributed by atoms with Crippen LogP contribution in [0.2, 0.25) is 0 Å². The second kappa shape index (κ2) is 8.81. The van der Waals surface area contributed by atoms with Gasteiger partial charge in [0, 0.05) is 29.5 Å². The molecule has 0 bridgehead atoms. The number of para-hydroxylation sites is 2. The minimum absolute atomic E-state index is 0.0200. The molecule has 5 rings (SSSR count). The summed E-state index contributed by atoms with van der Waals surface area (Å²) in [6.45, 7) is 3.18. The Hall–Kier alpha value is -3.47. The van der Waals surface area contributed by atoms with Crippen molar-refractivity contribution >= 4 is 17.3 Å².